The molecule has 144 valence electrons. The fourth-order valence-corrected chi connectivity index (χ4v) is 3.56. The molecule has 1 amide bonds. The van der Waals surface area contributed by atoms with Crippen LogP contribution in [0, 0.1) is 0 Å². The summed E-state index contributed by atoms with van der Waals surface area (Å²) in [5.41, 5.74) is 1.62. The molecular weight excluding hydrogens is 418 g/mol. The molecule has 0 bridgehead atoms. The van der Waals surface area contributed by atoms with Crippen molar-refractivity contribution in [2.75, 3.05) is 13.7 Å². The summed E-state index contributed by atoms with van der Waals surface area (Å²) in [6, 6.07) is 5.49. The van der Waals surface area contributed by atoms with Crippen molar-refractivity contribution in [3.8, 4) is 0 Å². The van der Waals surface area contributed by atoms with E-state index in [1.54, 1.807) is 0 Å². The number of aldehydes is 1. The van der Waals surface area contributed by atoms with Crippen molar-refractivity contribution in [3.63, 3.8) is 0 Å². The average molecular weight is 444 g/mol. The van der Waals surface area contributed by atoms with E-state index in [1.165, 1.54) is 7.11 Å². The van der Waals surface area contributed by atoms with Crippen LogP contribution in [-0.2, 0) is 31.9 Å². The Morgan fingerprint density at radius 2 is 1.88 bits per heavy atom. The van der Waals surface area contributed by atoms with Gasteiger partial charge < -0.3 is 19.6 Å². The number of amides is 1. The van der Waals surface area contributed by atoms with Crippen LogP contribution in [0.3, 0.4) is 0 Å². The maximum absolute atomic E-state index is 12.0. The lowest BCUT2D eigenvalue weighted by Crippen LogP contribution is -2.43. The van der Waals surface area contributed by atoms with Gasteiger partial charge in [0, 0.05) is 25.4 Å². The Bertz CT molecular complexity index is 645. The molecule has 0 aliphatic carbocycles. The van der Waals surface area contributed by atoms with E-state index in [-0.39, 0.29) is 12.8 Å². The quantitative estimate of drug-likeness (QED) is 0.359. The van der Waals surface area contributed by atoms with Crippen LogP contribution in [0.2, 0.25) is 25.7 Å². The number of benzene rings is 1. The molecule has 1 rings (SSSR count). The Kier molecular flexibility index (Phi) is 9.01. The fourth-order valence-electron chi connectivity index (χ4n) is 2.25. The average Bonchev–Trinajstić information content (AvgIpc) is 2.52. The van der Waals surface area contributed by atoms with Gasteiger partial charge in [0.2, 0.25) is 0 Å². The SMILES string of the molecule is COC(=O)[C@H](Cc1cc(Br)cc(CC=O)c1)NC(=O)OCC[Si](C)(C)C. The first-order valence-electron chi connectivity index (χ1n) is 8.37. The van der Waals surface area contributed by atoms with E-state index < -0.39 is 26.2 Å². The summed E-state index contributed by atoms with van der Waals surface area (Å²) in [6.45, 7) is 6.90. The van der Waals surface area contributed by atoms with Gasteiger partial charge in [-0.1, -0.05) is 41.6 Å². The highest BCUT2D eigenvalue weighted by Gasteiger charge is 2.23. The lowest BCUT2D eigenvalue weighted by molar-refractivity contribution is -0.143. The molecule has 0 fully saturated rings. The summed E-state index contributed by atoms with van der Waals surface area (Å²) in [5.74, 6) is -0.552. The monoisotopic (exact) mass is 443 g/mol. The molecule has 1 aromatic carbocycles. The van der Waals surface area contributed by atoms with Gasteiger partial charge in [0.1, 0.15) is 12.3 Å². The number of ether oxygens (including phenoxy) is 2. The van der Waals surface area contributed by atoms with Gasteiger partial charge in [0.15, 0.2) is 0 Å². The van der Waals surface area contributed by atoms with Crippen LogP contribution in [0.5, 0.6) is 0 Å². The van der Waals surface area contributed by atoms with E-state index in [0.29, 0.717) is 6.61 Å². The maximum atomic E-state index is 12.0. The lowest BCUT2D eigenvalue weighted by atomic mass is 10.0. The summed E-state index contributed by atoms with van der Waals surface area (Å²) in [6.07, 6.45) is 0.696. The second-order valence-electron chi connectivity index (χ2n) is 7.21. The lowest BCUT2D eigenvalue weighted by Gasteiger charge is -2.19. The largest absolute Gasteiger partial charge is 0.467 e. The van der Waals surface area contributed by atoms with Crippen LogP contribution in [-0.4, -0.2) is 46.2 Å². The van der Waals surface area contributed by atoms with E-state index in [2.05, 4.69) is 40.9 Å². The van der Waals surface area contributed by atoms with Gasteiger partial charge in [-0.3, -0.25) is 0 Å². The molecule has 26 heavy (non-hydrogen) atoms. The van der Waals surface area contributed by atoms with Gasteiger partial charge in [-0.15, -0.1) is 0 Å². The van der Waals surface area contributed by atoms with E-state index >= 15 is 0 Å². The highest BCUT2D eigenvalue weighted by Crippen LogP contribution is 2.18. The predicted molar refractivity (Wildman–Crippen MR) is 106 cm³/mol. The Labute approximate surface area is 163 Å². The number of alkyl carbamates (subject to hydrolysis) is 1. The third kappa shape index (κ3) is 8.62. The smallest absolute Gasteiger partial charge is 0.407 e. The van der Waals surface area contributed by atoms with Gasteiger partial charge in [0.25, 0.3) is 0 Å². The second kappa shape index (κ2) is 10.5. The molecule has 0 unspecified atom stereocenters. The number of hydrogen-bond acceptors (Lipinski definition) is 5. The molecule has 0 spiro atoms. The van der Waals surface area contributed by atoms with E-state index in [0.717, 1.165) is 27.9 Å². The zero-order valence-electron chi connectivity index (χ0n) is 15.6. The van der Waals surface area contributed by atoms with Crippen molar-refractivity contribution in [2.45, 2.75) is 44.6 Å². The minimum Gasteiger partial charge on any atom is -0.467 e. The molecule has 6 nitrogen and oxygen atoms in total. The second-order valence-corrected chi connectivity index (χ2v) is 13.7. The number of methoxy groups -OCH3 is 1. The van der Waals surface area contributed by atoms with Crippen LogP contribution >= 0.6 is 15.9 Å². The number of hydrogen-bond donors (Lipinski definition) is 1. The van der Waals surface area contributed by atoms with Crippen LogP contribution in [0.15, 0.2) is 22.7 Å². The molecule has 0 aliphatic rings. The summed E-state index contributed by atoms with van der Waals surface area (Å²) in [5, 5.41) is 2.57. The normalized spacial score (nSPS) is 12.2. The fraction of sp³-hybridized carbons (Fsp3) is 0.500. The van der Waals surface area contributed by atoms with E-state index in [9.17, 15) is 14.4 Å². The van der Waals surface area contributed by atoms with Crippen LogP contribution < -0.4 is 5.32 Å². The Balaban J connectivity index is 2.77. The predicted octanol–water partition coefficient (Wildman–Crippen LogP) is 3.34. The highest BCUT2D eigenvalue weighted by atomic mass is 79.9. The molecule has 1 atom stereocenters. The minimum atomic E-state index is -1.30. The third-order valence-electron chi connectivity index (χ3n) is 3.64. The molecule has 0 saturated carbocycles. The first-order valence-corrected chi connectivity index (χ1v) is 12.9. The Morgan fingerprint density at radius 3 is 2.46 bits per heavy atom. The van der Waals surface area contributed by atoms with Gasteiger partial charge in [-0.2, -0.15) is 0 Å². The molecule has 0 saturated heterocycles. The molecule has 1 N–H and O–H groups in total. The van der Waals surface area contributed by atoms with Gasteiger partial charge in [0.05, 0.1) is 13.7 Å². The first kappa shape index (κ1) is 22.4. The third-order valence-corrected chi connectivity index (χ3v) is 5.80. The molecular formula is C18H26BrNO5Si. The molecule has 8 heteroatoms. The van der Waals surface area contributed by atoms with E-state index in [1.807, 2.05) is 18.2 Å². The first-order chi connectivity index (χ1) is 12.1. The van der Waals surface area contributed by atoms with Gasteiger partial charge >= 0.3 is 12.1 Å². The highest BCUT2D eigenvalue weighted by molar-refractivity contribution is 9.10. The zero-order chi connectivity index (χ0) is 19.7. The number of carbonyl (C=O) groups is 3. The standard InChI is InChI=1S/C18H26BrNO5Si/c1-24-17(22)16(20-18(23)25-7-8-26(2,3)4)12-14-9-13(5-6-21)10-15(19)11-14/h6,9-11,16H,5,7-8,12H2,1-4H3,(H,20,23)/t16-/m0/s1. The summed E-state index contributed by atoms with van der Waals surface area (Å²) < 4.78 is 10.8. The summed E-state index contributed by atoms with van der Waals surface area (Å²) in [7, 11) is -0.0344. The van der Waals surface area contributed by atoms with Crippen molar-refractivity contribution in [1.29, 1.82) is 0 Å². The topological polar surface area (TPSA) is 81.7 Å². The molecule has 0 aromatic heterocycles. The molecule has 1 aromatic rings. The number of nitrogens with one attached hydrogen (secondary N) is 1. The summed E-state index contributed by atoms with van der Waals surface area (Å²) >= 11 is 3.39. The van der Waals surface area contributed by atoms with Crippen LogP contribution in [0.4, 0.5) is 4.79 Å². The van der Waals surface area contributed by atoms with Gasteiger partial charge in [-0.25, -0.2) is 9.59 Å². The van der Waals surface area contributed by atoms with Crippen molar-refractivity contribution in [1.82, 2.24) is 5.32 Å². The van der Waals surface area contributed by atoms with Crippen LogP contribution in [0.25, 0.3) is 0 Å². The van der Waals surface area contributed by atoms with Crippen molar-refractivity contribution in [2.24, 2.45) is 0 Å². The van der Waals surface area contributed by atoms with Crippen molar-refractivity contribution >= 4 is 42.4 Å². The molecule has 0 aliphatic heterocycles. The number of rotatable bonds is 9. The number of halogens is 1. The van der Waals surface area contributed by atoms with Crippen molar-refractivity contribution < 1.29 is 23.9 Å². The molecule has 0 radical (unpaired) electrons. The number of esters is 1. The summed E-state index contributed by atoms with van der Waals surface area (Å²) in [4.78, 5) is 34.8. The minimum absolute atomic E-state index is 0.237. The Hall–Kier alpha value is -1.67. The zero-order valence-corrected chi connectivity index (χ0v) is 18.2. The molecule has 0 heterocycles. The maximum Gasteiger partial charge on any atom is 0.407 e. The van der Waals surface area contributed by atoms with Gasteiger partial charge in [-0.05, 0) is 29.3 Å². The Morgan fingerprint density at radius 1 is 1.23 bits per heavy atom. The van der Waals surface area contributed by atoms with E-state index in [4.69, 9.17) is 9.47 Å². The van der Waals surface area contributed by atoms with Crippen molar-refractivity contribution in [3.05, 3.63) is 33.8 Å². The number of carbonyl (C=O) groups excluding carboxylic acids is 3. The van der Waals surface area contributed by atoms with Crippen LogP contribution in [0.1, 0.15) is 11.1 Å².